The van der Waals surface area contributed by atoms with E-state index in [9.17, 15) is 0 Å². The van der Waals surface area contributed by atoms with Crippen LogP contribution in [0.5, 0.6) is 0 Å². The Morgan fingerprint density at radius 1 is 1.04 bits per heavy atom. The van der Waals surface area contributed by atoms with Crippen LogP contribution in [0.2, 0.25) is 0 Å². The molecule has 1 atom stereocenters. The van der Waals surface area contributed by atoms with Gasteiger partial charge in [-0.25, -0.2) is 0 Å². The Bertz CT molecular complexity index is 849. The number of hydrazone groups is 1. The fourth-order valence-electron chi connectivity index (χ4n) is 2.96. The Kier molecular flexibility index (Phi) is 3.65. The van der Waals surface area contributed by atoms with Gasteiger partial charge in [-0.1, -0.05) is 17.7 Å². The molecule has 4 rings (SSSR count). The van der Waals surface area contributed by atoms with Crippen LogP contribution in [-0.4, -0.2) is 10.7 Å². The average Bonchev–Trinajstić information content (AvgIpc) is 3.25. The standard InChI is InChI=1S/C20H19N3O/c1-14-5-9-17(10-6-14)23-19(20-4-3-11-24-20)12-18(22-23)16-8-7-15(2)21-13-16/h3-11,13,19H,12H2,1-2H3. The van der Waals surface area contributed by atoms with Gasteiger partial charge in [0.1, 0.15) is 11.8 Å². The molecule has 1 aliphatic heterocycles. The van der Waals surface area contributed by atoms with Gasteiger partial charge in [-0.2, -0.15) is 5.10 Å². The van der Waals surface area contributed by atoms with Gasteiger partial charge in [-0.05, 0) is 50.2 Å². The van der Waals surface area contributed by atoms with Crippen LogP contribution in [-0.2, 0) is 0 Å². The Hall–Kier alpha value is -2.88. The first-order chi connectivity index (χ1) is 11.7. The van der Waals surface area contributed by atoms with E-state index in [0.29, 0.717) is 0 Å². The van der Waals surface area contributed by atoms with E-state index in [1.807, 2.05) is 36.3 Å². The number of anilines is 1. The van der Waals surface area contributed by atoms with Crippen molar-refractivity contribution >= 4 is 11.4 Å². The Morgan fingerprint density at radius 3 is 2.54 bits per heavy atom. The third kappa shape index (κ3) is 2.71. The summed E-state index contributed by atoms with van der Waals surface area (Å²) in [6.45, 7) is 4.08. The molecule has 24 heavy (non-hydrogen) atoms. The molecule has 0 saturated carbocycles. The number of furan rings is 1. The molecule has 0 aliphatic carbocycles. The zero-order chi connectivity index (χ0) is 16.5. The van der Waals surface area contributed by atoms with Gasteiger partial charge in [0.15, 0.2) is 0 Å². The van der Waals surface area contributed by atoms with Gasteiger partial charge in [0.25, 0.3) is 0 Å². The van der Waals surface area contributed by atoms with Gasteiger partial charge in [0, 0.05) is 23.9 Å². The maximum atomic E-state index is 5.67. The number of nitrogens with zero attached hydrogens (tertiary/aromatic N) is 3. The van der Waals surface area contributed by atoms with Crippen molar-refractivity contribution in [1.29, 1.82) is 0 Å². The lowest BCUT2D eigenvalue weighted by atomic mass is 10.0. The second kappa shape index (κ2) is 5.96. The van der Waals surface area contributed by atoms with E-state index >= 15 is 0 Å². The first kappa shape index (κ1) is 14.7. The van der Waals surface area contributed by atoms with Crippen LogP contribution in [0.15, 0.2) is 70.5 Å². The van der Waals surface area contributed by atoms with E-state index in [4.69, 9.17) is 9.52 Å². The molecule has 0 bridgehead atoms. The minimum Gasteiger partial charge on any atom is -0.467 e. The SMILES string of the molecule is Cc1ccc(N2N=C(c3ccc(C)nc3)CC2c2ccco2)cc1. The molecule has 1 unspecified atom stereocenters. The van der Waals surface area contributed by atoms with Gasteiger partial charge < -0.3 is 4.42 Å². The zero-order valence-corrected chi connectivity index (χ0v) is 13.8. The van der Waals surface area contributed by atoms with Crippen molar-refractivity contribution in [2.24, 2.45) is 5.10 Å². The highest BCUT2D eigenvalue weighted by Gasteiger charge is 2.31. The van der Waals surface area contributed by atoms with Crippen LogP contribution >= 0.6 is 0 Å². The molecule has 0 N–H and O–H groups in total. The number of hydrogen-bond acceptors (Lipinski definition) is 4. The molecule has 0 fully saturated rings. The van der Waals surface area contributed by atoms with Gasteiger partial charge in [-0.15, -0.1) is 0 Å². The molecule has 1 aromatic carbocycles. The Morgan fingerprint density at radius 2 is 1.88 bits per heavy atom. The summed E-state index contributed by atoms with van der Waals surface area (Å²) in [5.41, 5.74) is 5.41. The summed E-state index contributed by atoms with van der Waals surface area (Å²) in [6.07, 6.45) is 4.41. The van der Waals surface area contributed by atoms with Crippen molar-refractivity contribution < 1.29 is 4.42 Å². The van der Waals surface area contributed by atoms with Crippen molar-refractivity contribution in [1.82, 2.24) is 4.98 Å². The summed E-state index contributed by atoms with van der Waals surface area (Å²) in [7, 11) is 0. The minimum atomic E-state index is 0.0685. The summed E-state index contributed by atoms with van der Waals surface area (Å²) >= 11 is 0. The second-order valence-corrected chi connectivity index (χ2v) is 6.15. The van der Waals surface area contributed by atoms with Gasteiger partial charge >= 0.3 is 0 Å². The lowest BCUT2D eigenvalue weighted by Crippen LogP contribution is -2.17. The highest BCUT2D eigenvalue weighted by atomic mass is 16.3. The number of benzene rings is 1. The topological polar surface area (TPSA) is 41.6 Å². The third-order valence-corrected chi connectivity index (χ3v) is 4.33. The van der Waals surface area contributed by atoms with Crippen LogP contribution in [0.25, 0.3) is 0 Å². The van der Waals surface area contributed by atoms with E-state index in [2.05, 4.69) is 42.2 Å². The van der Waals surface area contributed by atoms with Crippen molar-refractivity contribution in [3.8, 4) is 0 Å². The summed E-state index contributed by atoms with van der Waals surface area (Å²) < 4.78 is 5.67. The predicted octanol–water partition coefficient (Wildman–Crippen LogP) is 4.65. The maximum absolute atomic E-state index is 5.67. The molecule has 0 spiro atoms. The number of aromatic nitrogens is 1. The first-order valence-electron chi connectivity index (χ1n) is 8.10. The van der Waals surface area contributed by atoms with Crippen molar-refractivity contribution in [3.63, 3.8) is 0 Å². The molecule has 2 aromatic heterocycles. The largest absolute Gasteiger partial charge is 0.467 e. The molecule has 3 heterocycles. The van der Waals surface area contributed by atoms with Crippen molar-refractivity contribution in [2.45, 2.75) is 26.3 Å². The minimum absolute atomic E-state index is 0.0685. The molecule has 3 aromatic rings. The fraction of sp³-hybridized carbons (Fsp3) is 0.200. The van der Waals surface area contributed by atoms with E-state index < -0.39 is 0 Å². The molecule has 4 nitrogen and oxygen atoms in total. The Balaban J connectivity index is 1.73. The first-order valence-corrected chi connectivity index (χ1v) is 8.10. The predicted molar refractivity (Wildman–Crippen MR) is 95.2 cm³/mol. The normalized spacial score (nSPS) is 17.2. The molecule has 120 valence electrons. The highest BCUT2D eigenvalue weighted by Crippen LogP contribution is 2.36. The second-order valence-electron chi connectivity index (χ2n) is 6.15. The summed E-state index contributed by atoms with van der Waals surface area (Å²) in [4.78, 5) is 4.40. The van der Waals surface area contributed by atoms with Crippen LogP contribution < -0.4 is 5.01 Å². The highest BCUT2D eigenvalue weighted by molar-refractivity contribution is 6.03. The van der Waals surface area contributed by atoms with Crippen LogP contribution in [0.3, 0.4) is 0 Å². The molecule has 0 radical (unpaired) electrons. The lowest BCUT2D eigenvalue weighted by molar-refractivity contribution is 0.465. The molecular formula is C20H19N3O. The molecule has 0 saturated heterocycles. The molecule has 1 aliphatic rings. The lowest BCUT2D eigenvalue weighted by Gasteiger charge is -2.21. The number of pyridine rings is 1. The number of rotatable bonds is 3. The zero-order valence-electron chi connectivity index (χ0n) is 13.8. The van der Waals surface area contributed by atoms with Gasteiger partial charge in [0.2, 0.25) is 0 Å². The third-order valence-electron chi connectivity index (χ3n) is 4.33. The smallest absolute Gasteiger partial charge is 0.128 e. The number of hydrogen-bond donors (Lipinski definition) is 0. The fourth-order valence-corrected chi connectivity index (χ4v) is 2.96. The Labute approximate surface area is 141 Å². The quantitative estimate of drug-likeness (QED) is 0.706. The van der Waals surface area contributed by atoms with Gasteiger partial charge in [0.05, 0.1) is 17.7 Å². The summed E-state index contributed by atoms with van der Waals surface area (Å²) in [5.74, 6) is 0.925. The monoisotopic (exact) mass is 317 g/mol. The average molecular weight is 317 g/mol. The van der Waals surface area contributed by atoms with Crippen molar-refractivity contribution in [2.75, 3.05) is 5.01 Å². The maximum Gasteiger partial charge on any atom is 0.128 e. The summed E-state index contributed by atoms with van der Waals surface area (Å²) in [5, 5.41) is 6.92. The van der Waals surface area contributed by atoms with Crippen molar-refractivity contribution in [3.05, 3.63) is 83.6 Å². The van der Waals surface area contributed by atoms with E-state index in [1.54, 1.807) is 6.26 Å². The van der Waals surface area contributed by atoms with E-state index in [0.717, 1.165) is 34.8 Å². The molecule has 0 amide bonds. The molecule has 4 heteroatoms. The van der Waals surface area contributed by atoms with Gasteiger partial charge in [-0.3, -0.25) is 9.99 Å². The summed E-state index contributed by atoms with van der Waals surface area (Å²) in [6, 6.07) is 16.5. The van der Waals surface area contributed by atoms with Crippen LogP contribution in [0.1, 0.15) is 35.0 Å². The molecular weight excluding hydrogens is 298 g/mol. The van der Waals surface area contributed by atoms with E-state index in [-0.39, 0.29) is 6.04 Å². The van der Waals surface area contributed by atoms with Crippen LogP contribution in [0, 0.1) is 13.8 Å². The van der Waals surface area contributed by atoms with E-state index in [1.165, 1.54) is 5.56 Å². The number of aryl methyl sites for hydroxylation is 2. The van der Waals surface area contributed by atoms with Crippen LogP contribution in [0.4, 0.5) is 5.69 Å².